The van der Waals surface area contributed by atoms with Crippen LogP contribution in [0.15, 0.2) is 30.5 Å². The molecule has 0 saturated carbocycles. The summed E-state index contributed by atoms with van der Waals surface area (Å²) in [7, 11) is 2.06. The van der Waals surface area contributed by atoms with Gasteiger partial charge in [0.1, 0.15) is 11.5 Å². The molecule has 0 radical (unpaired) electrons. The Labute approximate surface area is 100 Å². The van der Waals surface area contributed by atoms with Crippen LogP contribution in [0, 0.1) is 0 Å². The van der Waals surface area contributed by atoms with Crippen molar-refractivity contribution in [1.29, 1.82) is 0 Å². The predicted molar refractivity (Wildman–Crippen MR) is 70.1 cm³/mol. The zero-order chi connectivity index (χ0) is 12.0. The third-order valence-corrected chi connectivity index (χ3v) is 3.18. The summed E-state index contributed by atoms with van der Waals surface area (Å²) in [5, 5.41) is 2.35. The Morgan fingerprint density at radius 2 is 1.88 bits per heavy atom. The lowest BCUT2D eigenvalue weighted by Crippen LogP contribution is -1.99. The molecule has 0 aliphatic rings. The van der Waals surface area contributed by atoms with Gasteiger partial charge in [-0.25, -0.2) is 9.97 Å². The number of nitrogens with zero attached hydrogens (tertiary/aromatic N) is 3. The van der Waals surface area contributed by atoms with Crippen LogP contribution in [0.4, 0.5) is 0 Å². The molecule has 17 heavy (non-hydrogen) atoms. The summed E-state index contributed by atoms with van der Waals surface area (Å²) < 4.78 is 2.14. The van der Waals surface area contributed by atoms with Crippen LogP contribution in [-0.4, -0.2) is 14.5 Å². The summed E-state index contributed by atoms with van der Waals surface area (Å²) in [5.74, 6) is 1.26. The van der Waals surface area contributed by atoms with Crippen LogP contribution in [0.3, 0.4) is 0 Å². The van der Waals surface area contributed by atoms with Crippen molar-refractivity contribution >= 4 is 21.9 Å². The molecule has 0 spiro atoms. The fourth-order valence-corrected chi connectivity index (χ4v) is 2.22. The van der Waals surface area contributed by atoms with Gasteiger partial charge in [-0.05, 0) is 6.07 Å². The van der Waals surface area contributed by atoms with Crippen molar-refractivity contribution in [2.24, 2.45) is 7.05 Å². The highest BCUT2D eigenvalue weighted by atomic mass is 15.0. The Morgan fingerprint density at radius 1 is 1.12 bits per heavy atom. The first kappa shape index (κ1) is 10.3. The fourth-order valence-electron chi connectivity index (χ4n) is 2.22. The Bertz CT molecular complexity index is 695. The number of hydrogen-bond donors (Lipinski definition) is 0. The van der Waals surface area contributed by atoms with E-state index in [0.717, 1.165) is 16.9 Å². The Kier molecular flexibility index (Phi) is 2.15. The zero-order valence-corrected chi connectivity index (χ0v) is 10.3. The SMILES string of the molecule is CC(C)c1ncc2c3ccccc3n(C)c2n1. The van der Waals surface area contributed by atoms with E-state index in [2.05, 4.69) is 59.7 Å². The molecule has 2 heterocycles. The number of hydrogen-bond acceptors (Lipinski definition) is 2. The standard InChI is InChI=1S/C14H15N3/c1-9(2)13-15-8-11-10-6-4-5-7-12(10)17(3)14(11)16-13/h4-9H,1-3H3. The van der Waals surface area contributed by atoms with Gasteiger partial charge in [0.15, 0.2) is 0 Å². The van der Waals surface area contributed by atoms with Gasteiger partial charge in [-0.1, -0.05) is 32.0 Å². The van der Waals surface area contributed by atoms with Crippen molar-refractivity contribution in [3.63, 3.8) is 0 Å². The predicted octanol–water partition coefficient (Wildman–Crippen LogP) is 3.24. The maximum Gasteiger partial charge on any atom is 0.144 e. The number of fused-ring (bicyclic) bond motifs is 3. The topological polar surface area (TPSA) is 30.7 Å². The van der Waals surface area contributed by atoms with Gasteiger partial charge < -0.3 is 4.57 Å². The molecule has 0 N–H and O–H groups in total. The van der Waals surface area contributed by atoms with Gasteiger partial charge in [-0.2, -0.15) is 0 Å². The molecule has 0 unspecified atom stereocenters. The molecule has 3 aromatic rings. The van der Waals surface area contributed by atoms with Gasteiger partial charge in [0.05, 0.1) is 5.52 Å². The molecule has 3 heteroatoms. The van der Waals surface area contributed by atoms with Crippen LogP contribution in [0.5, 0.6) is 0 Å². The van der Waals surface area contributed by atoms with Crippen molar-refractivity contribution in [2.75, 3.05) is 0 Å². The molecule has 0 bridgehead atoms. The second-order valence-electron chi connectivity index (χ2n) is 4.70. The van der Waals surface area contributed by atoms with Crippen LogP contribution in [0.2, 0.25) is 0 Å². The van der Waals surface area contributed by atoms with E-state index in [0.29, 0.717) is 5.92 Å². The fraction of sp³-hybridized carbons (Fsp3) is 0.286. The summed E-state index contributed by atoms with van der Waals surface area (Å²) in [6.45, 7) is 4.23. The van der Waals surface area contributed by atoms with E-state index in [9.17, 15) is 0 Å². The first-order valence-corrected chi connectivity index (χ1v) is 5.88. The molecular formula is C14H15N3. The maximum atomic E-state index is 4.66. The lowest BCUT2D eigenvalue weighted by molar-refractivity contribution is 0.776. The minimum Gasteiger partial charge on any atom is -0.328 e. The van der Waals surface area contributed by atoms with Crippen LogP contribution >= 0.6 is 0 Å². The molecule has 0 amide bonds. The van der Waals surface area contributed by atoms with Crippen molar-refractivity contribution < 1.29 is 0 Å². The largest absolute Gasteiger partial charge is 0.328 e. The minimum atomic E-state index is 0.359. The zero-order valence-electron chi connectivity index (χ0n) is 10.3. The molecule has 0 saturated heterocycles. The van der Waals surface area contributed by atoms with Crippen molar-refractivity contribution in [3.05, 3.63) is 36.3 Å². The highest BCUT2D eigenvalue weighted by Crippen LogP contribution is 2.26. The van der Waals surface area contributed by atoms with Crippen LogP contribution in [0.1, 0.15) is 25.6 Å². The minimum absolute atomic E-state index is 0.359. The number of rotatable bonds is 1. The summed E-state index contributed by atoms with van der Waals surface area (Å²) in [6, 6.07) is 8.35. The van der Waals surface area contributed by atoms with E-state index in [1.54, 1.807) is 0 Å². The van der Waals surface area contributed by atoms with Crippen molar-refractivity contribution in [1.82, 2.24) is 14.5 Å². The van der Waals surface area contributed by atoms with E-state index in [4.69, 9.17) is 0 Å². The second-order valence-corrected chi connectivity index (χ2v) is 4.70. The lowest BCUT2D eigenvalue weighted by atomic mass is 10.2. The van der Waals surface area contributed by atoms with Gasteiger partial charge in [-0.3, -0.25) is 0 Å². The summed E-state index contributed by atoms with van der Waals surface area (Å²) in [4.78, 5) is 9.11. The Balaban J connectivity index is 2.45. The van der Waals surface area contributed by atoms with Gasteiger partial charge in [0.25, 0.3) is 0 Å². The number of para-hydroxylation sites is 1. The monoisotopic (exact) mass is 225 g/mol. The van der Waals surface area contributed by atoms with Gasteiger partial charge in [-0.15, -0.1) is 0 Å². The molecule has 3 nitrogen and oxygen atoms in total. The van der Waals surface area contributed by atoms with Crippen LogP contribution in [-0.2, 0) is 7.05 Å². The van der Waals surface area contributed by atoms with Crippen molar-refractivity contribution in [3.8, 4) is 0 Å². The quantitative estimate of drug-likeness (QED) is 0.636. The summed E-state index contributed by atoms with van der Waals surface area (Å²) >= 11 is 0. The molecule has 0 fully saturated rings. The molecular weight excluding hydrogens is 210 g/mol. The molecule has 2 aromatic heterocycles. The average Bonchev–Trinajstić information content (AvgIpc) is 2.64. The van der Waals surface area contributed by atoms with Crippen molar-refractivity contribution in [2.45, 2.75) is 19.8 Å². The first-order chi connectivity index (χ1) is 8.18. The maximum absolute atomic E-state index is 4.66. The number of aryl methyl sites for hydroxylation is 1. The Morgan fingerprint density at radius 3 is 2.65 bits per heavy atom. The summed E-state index contributed by atoms with van der Waals surface area (Å²) in [5.41, 5.74) is 2.22. The lowest BCUT2D eigenvalue weighted by Gasteiger charge is -2.03. The second kappa shape index (κ2) is 3.55. The normalized spacial score (nSPS) is 11.8. The third kappa shape index (κ3) is 1.42. The molecule has 0 atom stereocenters. The van der Waals surface area contributed by atoms with E-state index in [1.807, 2.05) is 6.20 Å². The molecule has 86 valence electrons. The average molecular weight is 225 g/mol. The van der Waals surface area contributed by atoms with Crippen LogP contribution < -0.4 is 0 Å². The number of aromatic nitrogens is 3. The summed E-state index contributed by atoms with van der Waals surface area (Å²) in [6.07, 6.45) is 1.94. The number of benzene rings is 1. The van der Waals surface area contributed by atoms with E-state index < -0.39 is 0 Å². The smallest absolute Gasteiger partial charge is 0.144 e. The van der Waals surface area contributed by atoms with E-state index in [1.165, 1.54) is 10.9 Å². The van der Waals surface area contributed by atoms with Crippen LogP contribution in [0.25, 0.3) is 21.9 Å². The molecule has 0 aliphatic heterocycles. The third-order valence-electron chi connectivity index (χ3n) is 3.18. The molecule has 1 aromatic carbocycles. The van der Waals surface area contributed by atoms with Gasteiger partial charge in [0, 0.05) is 29.9 Å². The van der Waals surface area contributed by atoms with E-state index >= 15 is 0 Å². The highest BCUT2D eigenvalue weighted by molar-refractivity contribution is 6.06. The molecule has 0 aliphatic carbocycles. The van der Waals surface area contributed by atoms with Gasteiger partial charge in [0.2, 0.25) is 0 Å². The van der Waals surface area contributed by atoms with Gasteiger partial charge >= 0.3 is 0 Å². The first-order valence-electron chi connectivity index (χ1n) is 5.88. The van der Waals surface area contributed by atoms with E-state index in [-0.39, 0.29) is 0 Å². The Hall–Kier alpha value is -1.90. The molecule has 3 rings (SSSR count). The highest BCUT2D eigenvalue weighted by Gasteiger charge is 2.11.